The molecule has 4 heterocycles. The minimum absolute atomic E-state index is 0.144. The predicted octanol–water partition coefficient (Wildman–Crippen LogP) is 2.55. The normalized spacial score (nSPS) is 20.6. The molecule has 3 aromatic rings. The molecule has 0 amide bonds. The predicted molar refractivity (Wildman–Crippen MR) is 96.4 cm³/mol. The zero-order valence-electron chi connectivity index (χ0n) is 15.1. The highest BCUT2D eigenvalue weighted by molar-refractivity contribution is 5.53. The molecule has 0 bridgehead atoms. The van der Waals surface area contributed by atoms with E-state index in [9.17, 15) is 0 Å². The van der Waals surface area contributed by atoms with Crippen molar-refractivity contribution >= 4 is 5.52 Å². The molecule has 6 heteroatoms. The van der Waals surface area contributed by atoms with Crippen LogP contribution in [0.5, 0.6) is 0 Å². The van der Waals surface area contributed by atoms with Gasteiger partial charge in [-0.05, 0) is 32.4 Å². The van der Waals surface area contributed by atoms with Gasteiger partial charge in [0.25, 0.3) is 0 Å². The lowest BCUT2D eigenvalue weighted by molar-refractivity contribution is 0.0894. The summed E-state index contributed by atoms with van der Waals surface area (Å²) in [6.45, 7) is 6.78. The first kappa shape index (κ1) is 16.3. The Labute approximate surface area is 147 Å². The third-order valence-electron chi connectivity index (χ3n) is 5.29. The number of nitrogens with zero attached hydrogens (tertiary/aromatic N) is 4. The van der Waals surface area contributed by atoms with E-state index in [1.807, 2.05) is 34.7 Å². The van der Waals surface area contributed by atoms with Gasteiger partial charge in [-0.3, -0.25) is 4.68 Å². The van der Waals surface area contributed by atoms with Gasteiger partial charge in [0.15, 0.2) is 0 Å². The van der Waals surface area contributed by atoms with Crippen molar-refractivity contribution in [3.05, 3.63) is 53.1 Å². The molecule has 132 valence electrons. The van der Waals surface area contributed by atoms with Gasteiger partial charge in [0.1, 0.15) is 0 Å². The third kappa shape index (κ3) is 2.96. The van der Waals surface area contributed by atoms with Gasteiger partial charge in [-0.1, -0.05) is 6.07 Å². The first-order valence-corrected chi connectivity index (χ1v) is 8.89. The van der Waals surface area contributed by atoms with E-state index in [1.165, 1.54) is 16.8 Å². The Bertz CT molecular complexity index is 881. The molecule has 25 heavy (non-hydrogen) atoms. The zero-order chi connectivity index (χ0) is 17.4. The largest absolute Gasteiger partial charge is 0.373 e. The molecule has 0 spiro atoms. The Hall–Kier alpha value is -2.18. The van der Waals surface area contributed by atoms with Gasteiger partial charge >= 0.3 is 0 Å². The summed E-state index contributed by atoms with van der Waals surface area (Å²) in [5.41, 5.74) is 5.94. The number of hydrogen-bond donors (Lipinski definition) is 1. The van der Waals surface area contributed by atoms with Crippen LogP contribution in [0.2, 0.25) is 0 Å². The molecular weight excluding hydrogens is 314 g/mol. The van der Waals surface area contributed by atoms with Crippen LogP contribution in [0.25, 0.3) is 5.52 Å². The Morgan fingerprint density at radius 1 is 1.32 bits per heavy atom. The van der Waals surface area contributed by atoms with E-state index in [2.05, 4.69) is 41.5 Å². The Balaban J connectivity index is 1.43. The number of hydrogen-bond acceptors (Lipinski definition) is 4. The monoisotopic (exact) mass is 339 g/mol. The van der Waals surface area contributed by atoms with E-state index in [-0.39, 0.29) is 6.10 Å². The summed E-state index contributed by atoms with van der Waals surface area (Å²) in [5.74, 6) is 0.475. The fourth-order valence-electron chi connectivity index (χ4n) is 3.88. The minimum Gasteiger partial charge on any atom is -0.373 e. The van der Waals surface area contributed by atoms with Crippen molar-refractivity contribution in [2.24, 2.45) is 13.0 Å². The standard InChI is InChI=1S/C19H25N5O/c1-13-18(14(2)23(3)22-13)19-15(7-9-25-19)10-20-11-16-12-21-24-8-5-4-6-17(16)24/h4-6,8,12,15,19-20H,7,9-11H2,1-3H3/t15-,19+/m0/s1. The summed E-state index contributed by atoms with van der Waals surface area (Å²) in [4.78, 5) is 0. The van der Waals surface area contributed by atoms with Crippen LogP contribution in [0, 0.1) is 19.8 Å². The van der Waals surface area contributed by atoms with Crippen LogP contribution in [0.4, 0.5) is 0 Å². The molecular formula is C19H25N5O. The van der Waals surface area contributed by atoms with Crippen LogP contribution in [0.1, 0.15) is 35.0 Å². The Kier molecular flexibility index (Phi) is 4.31. The fraction of sp³-hybridized carbons (Fsp3) is 0.474. The summed E-state index contributed by atoms with van der Waals surface area (Å²) >= 11 is 0. The minimum atomic E-state index is 0.144. The van der Waals surface area contributed by atoms with Crippen molar-refractivity contribution in [2.75, 3.05) is 13.2 Å². The lowest BCUT2D eigenvalue weighted by Crippen LogP contribution is -2.25. The number of ether oxygens (including phenoxy) is 1. The van der Waals surface area contributed by atoms with E-state index >= 15 is 0 Å². The van der Waals surface area contributed by atoms with E-state index in [0.29, 0.717) is 5.92 Å². The average Bonchev–Trinajstić information content (AvgIpc) is 3.28. The van der Waals surface area contributed by atoms with E-state index in [4.69, 9.17) is 4.74 Å². The quantitative estimate of drug-likeness (QED) is 0.776. The molecule has 0 aromatic carbocycles. The molecule has 2 atom stereocenters. The highest BCUT2D eigenvalue weighted by Gasteiger charge is 2.33. The lowest BCUT2D eigenvalue weighted by Gasteiger charge is -2.19. The maximum atomic E-state index is 6.07. The summed E-state index contributed by atoms with van der Waals surface area (Å²) in [6, 6.07) is 6.15. The lowest BCUT2D eigenvalue weighted by atomic mass is 9.94. The summed E-state index contributed by atoms with van der Waals surface area (Å²) in [6.07, 6.45) is 5.15. The third-order valence-corrected chi connectivity index (χ3v) is 5.29. The topological polar surface area (TPSA) is 56.4 Å². The second-order valence-electron chi connectivity index (χ2n) is 6.88. The first-order chi connectivity index (χ1) is 12.1. The molecule has 1 aliphatic heterocycles. The van der Waals surface area contributed by atoms with Crippen molar-refractivity contribution in [3.63, 3.8) is 0 Å². The van der Waals surface area contributed by atoms with Crippen LogP contribution in [-0.4, -0.2) is 32.5 Å². The van der Waals surface area contributed by atoms with Crippen LogP contribution in [0.15, 0.2) is 30.6 Å². The molecule has 0 unspecified atom stereocenters. The summed E-state index contributed by atoms with van der Waals surface area (Å²) in [7, 11) is 2.00. The average molecular weight is 339 g/mol. The second kappa shape index (κ2) is 6.61. The molecule has 0 aliphatic carbocycles. The van der Waals surface area contributed by atoms with Gasteiger partial charge in [-0.25, -0.2) is 4.52 Å². The maximum Gasteiger partial charge on any atom is 0.0901 e. The number of nitrogens with one attached hydrogen (secondary N) is 1. The van der Waals surface area contributed by atoms with Gasteiger partial charge in [0.2, 0.25) is 0 Å². The molecule has 1 saturated heterocycles. The van der Waals surface area contributed by atoms with Gasteiger partial charge < -0.3 is 10.1 Å². The highest BCUT2D eigenvalue weighted by Crippen LogP contribution is 2.37. The molecule has 3 aromatic heterocycles. The first-order valence-electron chi connectivity index (χ1n) is 8.89. The molecule has 1 N–H and O–H groups in total. The molecule has 0 radical (unpaired) electrons. The van der Waals surface area contributed by atoms with Crippen LogP contribution in [-0.2, 0) is 18.3 Å². The van der Waals surface area contributed by atoms with Crippen molar-refractivity contribution < 1.29 is 4.74 Å². The highest BCUT2D eigenvalue weighted by atomic mass is 16.5. The van der Waals surface area contributed by atoms with Crippen LogP contribution < -0.4 is 5.32 Å². The number of aryl methyl sites for hydroxylation is 2. The smallest absolute Gasteiger partial charge is 0.0901 e. The van der Waals surface area contributed by atoms with Crippen molar-refractivity contribution in [1.82, 2.24) is 24.7 Å². The summed E-state index contributed by atoms with van der Waals surface area (Å²) < 4.78 is 9.95. The van der Waals surface area contributed by atoms with Crippen molar-refractivity contribution in [2.45, 2.75) is 32.9 Å². The summed E-state index contributed by atoms with van der Waals surface area (Å²) in [5, 5.41) is 12.6. The zero-order valence-corrected chi connectivity index (χ0v) is 15.1. The number of fused-ring (bicyclic) bond motifs is 1. The maximum absolute atomic E-state index is 6.07. The second-order valence-corrected chi connectivity index (χ2v) is 6.88. The SMILES string of the molecule is Cc1nn(C)c(C)c1[C@@H]1OCC[C@H]1CNCc1cnn2ccccc12. The van der Waals surface area contributed by atoms with Gasteiger partial charge in [-0.15, -0.1) is 0 Å². The Morgan fingerprint density at radius 3 is 3.00 bits per heavy atom. The molecule has 0 saturated carbocycles. The van der Waals surface area contributed by atoms with Crippen molar-refractivity contribution in [3.8, 4) is 0 Å². The van der Waals surface area contributed by atoms with Gasteiger partial charge in [-0.2, -0.15) is 10.2 Å². The fourth-order valence-corrected chi connectivity index (χ4v) is 3.88. The number of aromatic nitrogens is 4. The number of rotatable bonds is 5. The van der Waals surface area contributed by atoms with Crippen molar-refractivity contribution in [1.29, 1.82) is 0 Å². The molecule has 1 fully saturated rings. The van der Waals surface area contributed by atoms with E-state index in [0.717, 1.165) is 37.3 Å². The molecule has 4 rings (SSSR count). The van der Waals surface area contributed by atoms with E-state index < -0.39 is 0 Å². The molecule has 1 aliphatic rings. The van der Waals surface area contributed by atoms with Gasteiger partial charge in [0, 0.05) is 55.7 Å². The number of pyridine rings is 1. The Morgan fingerprint density at radius 2 is 2.20 bits per heavy atom. The van der Waals surface area contributed by atoms with Crippen LogP contribution >= 0.6 is 0 Å². The van der Waals surface area contributed by atoms with E-state index in [1.54, 1.807) is 0 Å². The van der Waals surface area contributed by atoms with Crippen LogP contribution in [0.3, 0.4) is 0 Å². The van der Waals surface area contributed by atoms with Gasteiger partial charge in [0.05, 0.1) is 23.5 Å². The molecule has 6 nitrogen and oxygen atoms in total.